The number of nitrogens with zero attached hydrogens (tertiary/aromatic N) is 2. The number of hydrogen-bond acceptors (Lipinski definition) is 4. The maximum atomic E-state index is 14.9. The summed E-state index contributed by atoms with van der Waals surface area (Å²) in [4.78, 5) is 2.30. The third kappa shape index (κ3) is 4.11. The molecule has 2 aliphatic heterocycles. The summed E-state index contributed by atoms with van der Waals surface area (Å²) < 4.78 is 20.4. The van der Waals surface area contributed by atoms with Crippen LogP contribution in [0.2, 0.25) is 0 Å². The maximum absolute atomic E-state index is 14.9. The van der Waals surface area contributed by atoms with E-state index in [4.69, 9.17) is 4.52 Å². The monoisotopic (exact) mass is 337 g/mol. The van der Waals surface area contributed by atoms with E-state index >= 15 is 0 Å². The van der Waals surface area contributed by atoms with Crippen molar-refractivity contribution < 1.29 is 8.91 Å². The van der Waals surface area contributed by atoms with Gasteiger partial charge in [-0.25, -0.2) is 4.39 Å². The molecule has 0 saturated carbocycles. The Morgan fingerprint density at radius 3 is 2.58 bits per heavy atom. The molecule has 3 rings (SSSR count). The molecule has 1 unspecified atom stereocenters. The van der Waals surface area contributed by atoms with Crippen molar-refractivity contribution in [2.45, 2.75) is 64.5 Å². The van der Waals surface area contributed by atoms with Crippen molar-refractivity contribution in [2.75, 3.05) is 31.1 Å². The Balaban J connectivity index is 1.52. The van der Waals surface area contributed by atoms with Crippen molar-refractivity contribution in [1.29, 1.82) is 0 Å². The first-order valence-electron chi connectivity index (χ1n) is 9.58. The fourth-order valence-corrected chi connectivity index (χ4v) is 3.93. The first kappa shape index (κ1) is 17.7. The zero-order chi connectivity index (χ0) is 17.2. The quantitative estimate of drug-likeness (QED) is 0.877. The largest absolute Gasteiger partial charge is 0.359 e. The van der Waals surface area contributed by atoms with Gasteiger partial charge in [-0.15, -0.1) is 0 Å². The zero-order valence-corrected chi connectivity index (χ0v) is 15.4. The summed E-state index contributed by atoms with van der Waals surface area (Å²) in [7, 11) is 0. The molecule has 3 heterocycles. The molecule has 2 fully saturated rings. The Morgan fingerprint density at radius 2 is 1.96 bits per heavy atom. The van der Waals surface area contributed by atoms with E-state index in [1.54, 1.807) is 0 Å². The van der Waals surface area contributed by atoms with Gasteiger partial charge in [0.05, 0.1) is 0 Å². The number of aromatic nitrogens is 1. The van der Waals surface area contributed by atoms with Gasteiger partial charge in [0, 0.05) is 25.1 Å². The Hall–Kier alpha value is -1.10. The molecular formula is C19H32FN3O. The first-order valence-corrected chi connectivity index (χ1v) is 9.58. The van der Waals surface area contributed by atoms with Crippen LogP contribution in [0.25, 0.3) is 0 Å². The fourth-order valence-electron chi connectivity index (χ4n) is 3.93. The molecule has 0 amide bonds. The smallest absolute Gasteiger partial charge is 0.172 e. The molecule has 0 bridgehead atoms. The van der Waals surface area contributed by atoms with E-state index in [1.807, 2.05) is 0 Å². The number of hydrogen-bond donors (Lipinski definition) is 1. The van der Waals surface area contributed by atoms with Gasteiger partial charge in [0.1, 0.15) is 11.4 Å². The van der Waals surface area contributed by atoms with Crippen molar-refractivity contribution >= 4 is 5.82 Å². The summed E-state index contributed by atoms with van der Waals surface area (Å²) in [6.45, 7) is 10.1. The highest BCUT2D eigenvalue weighted by molar-refractivity contribution is 5.39. The highest BCUT2D eigenvalue weighted by Gasteiger charge is 2.35. The summed E-state index contributed by atoms with van der Waals surface area (Å²) >= 11 is 0. The molecule has 2 saturated heterocycles. The van der Waals surface area contributed by atoms with Crippen LogP contribution >= 0.6 is 0 Å². The number of anilines is 1. The highest BCUT2D eigenvalue weighted by Crippen LogP contribution is 2.36. The van der Waals surface area contributed by atoms with E-state index in [0.717, 1.165) is 57.0 Å². The summed E-state index contributed by atoms with van der Waals surface area (Å²) in [5.74, 6) is 3.36. The molecule has 0 radical (unpaired) electrons. The lowest BCUT2D eigenvalue weighted by Crippen LogP contribution is -2.42. The van der Waals surface area contributed by atoms with E-state index in [-0.39, 0.29) is 0 Å². The molecule has 4 nitrogen and oxygen atoms in total. The number of alkyl halides is 1. The van der Waals surface area contributed by atoms with Gasteiger partial charge in [0.25, 0.3) is 0 Å². The van der Waals surface area contributed by atoms with E-state index in [0.29, 0.717) is 30.6 Å². The van der Waals surface area contributed by atoms with Crippen LogP contribution < -0.4 is 10.2 Å². The topological polar surface area (TPSA) is 41.3 Å². The Bertz CT molecular complexity index is 516. The molecule has 2 aliphatic rings. The van der Waals surface area contributed by atoms with Crippen LogP contribution in [0.5, 0.6) is 0 Å². The molecule has 5 heteroatoms. The van der Waals surface area contributed by atoms with Crippen molar-refractivity contribution in [3.05, 3.63) is 11.8 Å². The second-order valence-electron chi connectivity index (χ2n) is 8.16. The van der Waals surface area contributed by atoms with Crippen LogP contribution in [0.1, 0.15) is 64.6 Å². The molecule has 0 aliphatic carbocycles. The average molecular weight is 337 g/mol. The minimum absolute atomic E-state index is 0.384. The summed E-state index contributed by atoms with van der Waals surface area (Å²) in [6, 6.07) is 2.09. The van der Waals surface area contributed by atoms with Crippen molar-refractivity contribution in [3.63, 3.8) is 0 Å². The lowest BCUT2D eigenvalue weighted by molar-refractivity contribution is 0.0773. The summed E-state index contributed by atoms with van der Waals surface area (Å²) in [6.07, 6.45) is 4.19. The summed E-state index contributed by atoms with van der Waals surface area (Å²) in [5.41, 5.74) is -0.939. The minimum atomic E-state index is -0.939. The van der Waals surface area contributed by atoms with E-state index in [2.05, 4.69) is 42.2 Å². The van der Waals surface area contributed by atoms with E-state index in [9.17, 15) is 4.39 Å². The third-order valence-corrected chi connectivity index (χ3v) is 6.06. The number of halogens is 1. The van der Waals surface area contributed by atoms with Crippen LogP contribution in [0.4, 0.5) is 10.2 Å². The van der Waals surface area contributed by atoms with Crippen molar-refractivity contribution in [3.8, 4) is 0 Å². The summed E-state index contributed by atoms with van der Waals surface area (Å²) in [5, 5.41) is 7.52. The van der Waals surface area contributed by atoms with E-state index < -0.39 is 5.67 Å². The van der Waals surface area contributed by atoms with Gasteiger partial charge in [-0.05, 0) is 57.0 Å². The van der Waals surface area contributed by atoms with Gasteiger partial charge in [-0.3, -0.25) is 0 Å². The van der Waals surface area contributed by atoms with Crippen molar-refractivity contribution in [2.24, 2.45) is 11.8 Å². The molecule has 136 valence electrons. The molecule has 1 aromatic heterocycles. The molecule has 1 atom stereocenters. The minimum Gasteiger partial charge on any atom is -0.359 e. The molecule has 24 heavy (non-hydrogen) atoms. The van der Waals surface area contributed by atoms with Gasteiger partial charge >= 0.3 is 0 Å². The molecule has 1 aromatic rings. The second-order valence-corrected chi connectivity index (χ2v) is 8.16. The Labute approximate surface area is 145 Å². The van der Waals surface area contributed by atoms with Gasteiger partial charge in [-0.1, -0.05) is 25.9 Å². The Morgan fingerprint density at radius 1 is 1.29 bits per heavy atom. The first-order chi connectivity index (χ1) is 11.5. The molecule has 0 spiro atoms. The maximum Gasteiger partial charge on any atom is 0.172 e. The Kier molecular flexibility index (Phi) is 5.48. The number of piperidine rings is 2. The normalized spacial score (nSPS) is 23.6. The number of rotatable bonds is 5. The lowest BCUT2D eigenvalue weighted by Gasteiger charge is -2.37. The standard InChI is InChI=1S/C19H32FN3O/c1-14(2)15(3)17-12-18(22-24-17)23-10-4-16(5-11-23)13-19(20)6-8-21-9-7-19/h12,14-16,21H,4-11,13H2,1-3H3. The van der Waals surface area contributed by atoms with Gasteiger partial charge in [0.2, 0.25) is 0 Å². The number of nitrogens with one attached hydrogen (secondary N) is 1. The van der Waals surface area contributed by atoms with Crippen molar-refractivity contribution in [1.82, 2.24) is 10.5 Å². The molecule has 0 aromatic carbocycles. The molecule has 1 N–H and O–H groups in total. The van der Waals surface area contributed by atoms with Gasteiger partial charge in [0.15, 0.2) is 5.82 Å². The van der Waals surface area contributed by atoms with Crippen LogP contribution in [-0.4, -0.2) is 37.0 Å². The second kappa shape index (κ2) is 7.42. The van der Waals surface area contributed by atoms with Gasteiger partial charge < -0.3 is 14.7 Å². The van der Waals surface area contributed by atoms with Crippen LogP contribution in [0.3, 0.4) is 0 Å². The fraction of sp³-hybridized carbons (Fsp3) is 0.842. The van der Waals surface area contributed by atoms with E-state index in [1.165, 1.54) is 0 Å². The third-order valence-electron chi connectivity index (χ3n) is 6.06. The predicted molar refractivity (Wildman–Crippen MR) is 95.3 cm³/mol. The lowest BCUT2D eigenvalue weighted by atomic mass is 9.81. The zero-order valence-electron chi connectivity index (χ0n) is 15.4. The SMILES string of the molecule is CC(C)C(C)c1cc(N2CCC(CC3(F)CCNCC3)CC2)no1. The average Bonchev–Trinajstić information content (AvgIpc) is 3.05. The molecular weight excluding hydrogens is 305 g/mol. The predicted octanol–water partition coefficient (Wildman–Crippen LogP) is 4.13. The highest BCUT2D eigenvalue weighted by atomic mass is 19.1. The van der Waals surface area contributed by atoms with Crippen LogP contribution in [0, 0.1) is 11.8 Å². The van der Waals surface area contributed by atoms with Gasteiger partial charge in [-0.2, -0.15) is 0 Å². The van der Waals surface area contributed by atoms with Crippen LogP contribution in [-0.2, 0) is 0 Å². The van der Waals surface area contributed by atoms with Crippen LogP contribution in [0.15, 0.2) is 10.6 Å².